The van der Waals surface area contributed by atoms with Gasteiger partial charge in [-0.1, -0.05) is 40.1 Å². The van der Waals surface area contributed by atoms with E-state index in [0.29, 0.717) is 0 Å². The maximum Gasteiger partial charge on any atom is 0.170 e. The van der Waals surface area contributed by atoms with E-state index >= 15 is 0 Å². The molecule has 96 valence electrons. The van der Waals surface area contributed by atoms with Gasteiger partial charge < -0.3 is 9.84 Å². The molecule has 0 atom stereocenters. The molecule has 18 heavy (non-hydrogen) atoms. The van der Waals surface area contributed by atoms with Gasteiger partial charge in [-0.3, -0.25) is 0 Å². The first-order valence-corrected chi connectivity index (χ1v) is 6.93. The maximum absolute atomic E-state index is 5.46. The zero-order chi connectivity index (χ0) is 13.0. The number of nitrogens with zero attached hydrogens (tertiary/aromatic N) is 1. The van der Waals surface area contributed by atoms with Crippen molar-refractivity contribution in [1.29, 1.82) is 0 Å². The van der Waals surface area contributed by atoms with Gasteiger partial charge in [-0.25, -0.2) is 0 Å². The topological polar surface area (TPSA) is 38.1 Å². The van der Waals surface area contributed by atoms with Gasteiger partial charge in [-0.05, 0) is 32.0 Å². The molecular weight excluding hydrogens is 292 g/mol. The second kappa shape index (κ2) is 6.16. The Labute approximate surface area is 116 Å². The van der Waals surface area contributed by atoms with Gasteiger partial charge in [-0.2, -0.15) is 0 Å². The van der Waals surface area contributed by atoms with Crippen LogP contribution < -0.4 is 5.32 Å². The Balaban J connectivity index is 2.20. The minimum absolute atomic E-state index is 0.761. The summed E-state index contributed by atoms with van der Waals surface area (Å²) in [6.45, 7) is 5.96. The Bertz CT molecular complexity index is 522. The van der Waals surface area contributed by atoms with E-state index in [1.54, 1.807) is 0 Å². The van der Waals surface area contributed by atoms with Crippen LogP contribution in [-0.2, 0) is 6.54 Å². The molecule has 0 unspecified atom stereocenters. The molecule has 0 aliphatic carbocycles. The molecule has 0 aliphatic heterocycles. The van der Waals surface area contributed by atoms with E-state index in [1.807, 2.05) is 24.3 Å². The molecule has 2 rings (SSSR count). The summed E-state index contributed by atoms with van der Waals surface area (Å²) >= 11 is 3.47. The molecule has 1 aromatic carbocycles. The smallest absolute Gasteiger partial charge is 0.170 e. The molecule has 1 aromatic heterocycles. The minimum atomic E-state index is 0.761. The van der Waals surface area contributed by atoms with Crippen LogP contribution in [0.1, 0.15) is 24.6 Å². The summed E-state index contributed by atoms with van der Waals surface area (Å²) < 4.78 is 6.50. The highest BCUT2D eigenvalue weighted by Crippen LogP contribution is 2.27. The first-order valence-electron chi connectivity index (χ1n) is 6.14. The highest BCUT2D eigenvalue weighted by Gasteiger charge is 2.13. The number of hydrogen-bond acceptors (Lipinski definition) is 3. The quantitative estimate of drug-likeness (QED) is 0.851. The fourth-order valence-electron chi connectivity index (χ4n) is 1.82. The Morgan fingerprint density at radius 2 is 2.22 bits per heavy atom. The molecule has 4 heteroatoms. The maximum atomic E-state index is 5.46. The van der Waals surface area contributed by atoms with E-state index in [0.717, 1.165) is 46.6 Å². The summed E-state index contributed by atoms with van der Waals surface area (Å²) in [7, 11) is 0. The van der Waals surface area contributed by atoms with Crippen LogP contribution in [0.3, 0.4) is 0 Å². The Kier molecular flexibility index (Phi) is 4.55. The molecule has 0 fully saturated rings. The predicted molar refractivity (Wildman–Crippen MR) is 76.4 cm³/mol. The lowest BCUT2D eigenvalue weighted by atomic mass is 10.1. The lowest BCUT2D eigenvalue weighted by Gasteiger charge is -2.01. The molecule has 0 radical (unpaired) electrons. The molecule has 3 nitrogen and oxygen atoms in total. The number of benzene rings is 1. The van der Waals surface area contributed by atoms with E-state index < -0.39 is 0 Å². The fourth-order valence-corrected chi connectivity index (χ4v) is 2.22. The Morgan fingerprint density at radius 3 is 2.94 bits per heavy atom. The third kappa shape index (κ3) is 3.00. The SMILES string of the molecule is CCCNCc1noc(-c2cccc(Br)c2)c1C. The minimum Gasteiger partial charge on any atom is -0.356 e. The monoisotopic (exact) mass is 308 g/mol. The molecule has 2 aromatic rings. The van der Waals surface area contributed by atoms with Crippen molar-refractivity contribution in [3.63, 3.8) is 0 Å². The van der Waals surface area contributed by atoms with Crippen LogP contribution >= 0.6 is 15.9 Å². The molecule has 0 spiro atoms. The van der Waals surface area contributed by atoms with Crippen molar-refractivity contribution >= 4 is 15.9 Å². The Morgan fingerprint density at radius 1 is 1.39 bits per heavy atom. The van der Waals surface area contributed by atoms with Gasteiger partial charge in [0.05, 0.1) is 0 Å². The molecule has 1 heterocycles. The average Bonchev–Trinajstić information content (AvgIpc) is 2.72. The molecule has 0 amide bonds. The van der Waals surface area contributed by atoms with Gasteiger partial charge in [0.1, 0.15) is 5.69 Å². The number of aromatic nitrogens is 1. The molecule has 0 saturated heterocycles. The third-order valence-electron chi connectivity index (χ3n) is 2.83. The second-order valence-electron chi connectivity index (χ2n) is 4.27. The van der Waals surface area contributed by atoms with Crippen LogP contribution in [0.2, 0.25) is 0 Å². The van der Waals surface area contributed by atoms with Crippen LogP contribution in [0.4, 0.5) is 0 Å². The van der Waals surface area contributed by atoms with Gasteiger partial charge in [-0.15, -0.1) is 0 Å². The zero-order valence-electron chi connectivity index (χ0n) is 10.7. The van der Waals surface area contributed by atoms with Gasteiger partial charge in [0.15, 0.2) is 5.76 Å². The molecular formula is C14H17BrN2O. The number of hydrogen-bond donors (Lipinski definition) is 1. The van der Waals surface area contributed by atoms with Crippen LogP contribution in [0, 0.1) is 6.92 Å². The third-order valence-corrected chi connectivity index (χ3v) is 3.32. The van der Waals surface area contributed by atoms with Crippen molar-refractivity contribution in [2.75, 3.05) is 6.54 Å². The summed E-state index contributed by atoms with van der Waals surface area (Å²) in [5.74, 6) is 0.851. The van der Waals surface area contributed by atoms with Crippen LogP contribution in [0.15, 0.2) is 33.3 Å². The number of nitrogens with one attached hydrogen (secondary N) is 1. The van der Waals surface area contributed by atoms with Crippen molar-refractivity contribution < 1.29 is 4.52 Å². The Hall–Kier alpha value is -1.13. The lowest BCUT2D eigenvalue weighted by Crippen LogP contribution is -2.14. The van der Waals surface area contributed by atoms with Gasteiger partial charge >= 0.3 is 0 Å². The number of halogens is 1. The number of rotatable bonds is 5. The molecule has 0 bridgehead atoms. The summed E-state index contributed by atoms with van der Waals surface area (Å²) in [4.78, 5) is 0. The summed E-state index contributed by atoms with van der Waals surface area (Å²) in [5.41, 5.74) is 3.14. The predicted octanol–water partition coefficient (Wildman–Crippen LogP) is 3.91. The van der Waals surface area contributed by atoms with Crippen molar-refractivity contribution in [3.05, 3.63) is 40.0 Å². The van der Waals surface area contributed by atoms with Gasteiger partial charge in [0.25, 0.3) is 0 Å². The molecule has 0 aliphatic rings. The van der Waals surface area contributed by atoms with Crippen LogP contribution in [0.25, 0.3) is 11.3 Å². The summed E-state index contributed by atoms with van der Waals surface area (Å²) in [6.07, 6.45) is 1.12. The highest BCUT2D eigenvalue weighted by molar-refractivity contribution is 9.10. The molecule has 0 saturated carbocycles. The van der Waals surface area contributed by atoms with Crippen molar-refractivity contribution in [3.8, 4) is 11.3 Å². The van der Waals surface area contributed by atoms with Crippen LogP contribution in [0.5, 0.6) is 0 Å². The lowest BCUT2D eigenvalue weighted by molar-refractivity contribution is 0.420. The van der Waals surface area contributed by atoms with Gasteiger partial charge in [0, 0.05) is 22.1 Å². The largest absolute Gasteiger partial charge is 0.356 e. The van der Waals surface area contributed by atoms with Crippen LogP contribution in [-0.4, -0.2) is 11.7 Å². The summed E-state index contributed by atoms with van der Waals surface area (Å²) in [5, 5.41) is 7.48. The van der Waals surface area contributed by atoms with E-state index in [1.165, 1.54) is 0 Å². The average molecular weight is 309 g/mol. The normalized spacial score (nSPS) is 10.8. The second-order valence-corrected chi connectivity index (χ2v) is 5.19. The van der Waals surface area contributed by atoms with Crippen molar-refractivity contribution in [2.24, 2.45) is 0 Å². The van der Waals surface area contributed by atoms with Gasteiger partial charge in [0.2, 0.25) is 0 Å². The fraction of sp³-hybridized carbons (Fsp3) is 0.357. The highest BCUT2D eigenvalue weighted by atomic mass is 79.9. The first kappa shape index (κ1) is 13.3. The standard InChI is InChI=1S/C14H17BrN2O/c1-3-7-16-9-13-10(2)14(18-17-13)11-5-4-6-12(15)8-11/h4-6,8,16H,3,7,9H2,1-2H3. The van der Waals surface area contributed by atoms with E-state index in [2.05, 4.69) is 40.3 Å². The van der Waals surface area contributed by atoms with Crippen molar-refractivity contribution in [1.82, 2.24) is 10.5 Å². The van der Waals surface area contributed by atoms with Crippen molar-refractivity contribution in [2.45, 2.75) is 26.8 Å². The first-order chi connectivity index (χ1) is 8.72. The summed E-state index contributed by atoms with van der Waals surface area (Å²) in [6, 6.07) is 8.06. The van der Waals surface area contributed by atoms with E-state index in [9.17, 15) is 0 Å². The van der Waals surface area contributed by atoms with E-state index in [-0.39, 0.29) is 0 Å². The molecule has 1 N–H and O–H groups in total. The van der Waals surface area contributed by atoms with E-state index in [4.69, 9.17) is 4.52 Å². The zero-order valence-corrected chi connectivity index (χ0v) is 12.3.